The first-order valence-corrected chi connectivity index (χ1v) is 6.53. The number of rotatable bonds is 4. The third-order valence-electron chi connectivity index (χ3n) is 1.94. The molecule has 4 heteroatoms. The molecule has 0 aliphatic rings. The summed E-state index contributed by atoms with van der Waals surface area (Å²) in [5, 5.41) is 0. The van der Waals surface area contributed by atoms with E-state index in [1.807, 2.05) is 41.5 Å². The monoisotopic (exact) mass is 270 g/mol. The molecule has 0 saturated carbocycles. The van der Waals surface area contributed by atoms with Crippen LogP contribution >= 0.6 is 0 Å². The van der Waals surface area contributed by atoms with E-state index < -0.39 is 11.2 Å². The normalized spacial score (nSPS) is 13.1. The van der Waals surface area contributed by atoms with E-state index in [1.165, 1.54) is 0 Å². The Kier molecular flexibility index (Phi) is 6.27. The Morgan fingerprint density at radius 3 is 1.84 bits per heavy atom. The Balaban J connectivity index is 4.20. The van der Waals surface area contributed by atoms with Crippen LogP contribution in [0.3, 0.4) is 0 Å². The second-order valence-corrected chi connectivity index (χ2v) is 6.51. The van der Waals surface area contributed by atoms with Gasteiger partial charge in [0.15, 0.2) is 0 Å². The lowest BCUT2D eigenvalue weighted by Crippen LogP contribution is -2.24. The number of carbonyl (C=O) groups excluding carboxylic acids is 2. The van der Waals surface area contributed by atoms with Gasteiger partial charge in [0, 0.05) is 12.0 Å². The van der Waals surface area contributed by atoms with Crippen molar-refractivity contribution in [1.82, 2.24) is 0 Å². The Hall–Kier alpha value is -1.32. The average molecular weight is 270 g/mol. The van der Waals surface area contributed by atoms with Crippen molar-refractivity contribution in [2.24, 2.45) is 0 Å². The second kappa shape index (κ2) is 6.73. The molecule has 0 amide bonds. The summed E-state index contributed by atoms with van der Waals surface area (Å²) in [6.07, 6.45) is 2.44. The third kappa shape index (κ3) is 10.3. The molecule has 110 valence electrons. The maximum atomic E-state index is 11.7. The molecule has 0 spiro atoms. The fraction of sp³-hybridized carbons (Fsp3) is 0.733. The van der Waals surface area contributed by atoms with Crippen LogP contribution in [-0.4, -0.2) is 23.1 Å². The first kappa shape index (κ1) is 17.7. The molecule has 0 aromatic heterocycles. The molecule has 0 saturated heterocycles. The largest absolute Gasteiger partial charge is 0.460 e. The van der Waals surface area contributed by atoms with Crippen molar-refractivity contribution in [3.63, 3.8) is 0 Å². The SMILES string of the molecule is C/C(=C\CCC(=O)OC(C)(C)C)C(=O)OC(C)(C)C. The maximum absolute atomic E-state index is 11.7. The van der Waals surface area contributed by atoms with Crippen LogP contribution in [0.5, 0.6) is 0 Å². The number of hydrogen-bond donors (Lipinski definition) is 0. The first-order chi connectivity index (χ1) is 8.41. The van der Waals surface area contributed by atoms with E-state index in [2.05, 4.69) is 0 Å². The molecule has 0 radical (unpaired) electrons. The fourth-order valence-electron chi connectivity index (χ4n) is 1.24. The topological polar surface area (TPSA) is 52.6 Å². The zero-order valence-corrected chi connectivity index (χ0v) is 13.1. The van der Waals surface area contributed by atoms with Crippen molar-refractivity contribution in [3.05, 3.63) is 11.6 Å². The molecule has 0 aliphatic carbocycles. The summed E-state index contributed by atoms with van der Waals surface area (Å²) in [6.45, 7) is 12.6. The number of carbonyl (C=O) groups is 2. The maximum Gasteiger partial charge on any atom is 0.333 e. The van der Waals surface area contributed by atoms with Gasteiger partial charge in [-0.25, -0.2) is 4.79 Å². The summed E-state index contributed by atoms with van der Waals surface area (Å²) in [6, 6.07) is 0. The fourth-order valence-corrected chi connectivity index (χ4v) is 1.24. The molecule has 0 heterocycles. The second-order valence-electron chi connectivity index (χ2n) is 6.51. The van der Waals surface area contributed by atoms with E-state index in [0.717, 1.165) is 0 Å². The van der Waals surface area contributed by atoms with E-state index in [0.29, 0.717) is 12.0 Å². The van der Waals surface area contributed by atoms with E-state index in [1.54, 1.807) is 13.0 Å². The summed E-state index contributed by atoms with van der Waals surface area (Å²) in [5.41, 5.74) is -0.461. The molecule has 0 unspecified atom stereocenters. The predicted octanol–water partition coefficient (Wildman–Crippen LogP) is 3.40. The van der Waals surface area contributed by atoms with Gasteiger partial charge in [0.2, 0.25) is 0 Å². The van der Waals surface area contributed by atoms with Crippen LogP contribution in [0.15, 0.2) is 11.6 Å². The molecular formula is C15H26O4. The van der Waals surface area contributed by atoms with Crippen molar-refractivity contribution in [2.75, 3.05) is 0 Å². The van der Waals surface area contributed by atoms with Gasteiger partial charge in [0.1, 0.15) is 11.2 Å². The standard InChI is InChI=1S/C15H26O4/c1-11(13(17)19-15(5,6)7)9-8-10-12(16)18-14(2,3)4/h9H,8,10H2,1-7H3/b11-9+. The molecular weight excluding hydrogens is 244 g/mol. The van der Waals surface area contributed by atoms with Crippen LogP contribution < -0.4 is 0 Å². The lowest BCUT2D eigenvalue weighted by Gasteiger charge is -2.20. The van der Waals surface area contributed by atoms with E-state index in [-0.39, 0.29) is 18.4 Å². The molecule has 0 aromatic carbocycles. The van der Waals surface area contributed by atoms with Gasteiger partial charge in [0.05, 0.1) is 0 Å². The minimum atomic E-state index is -0.503. The van der Waals surface area contributed by atoms with E-state index >= 15 is 0 Å². The van der Waals surface area contributed by atoms with Gasteiger partial charge in [-0.3, -0.25) is 4.79 Å². The van der Waals surface area contributed by atoms with Gasteiger partial charge in [-0.15, -0.1) is 0 Å². The minimum absolute atomic E-state index is 0.261. The lowest BCUT2D eigenvalue weighted by molar-refractivity contribution is -0.155. The number of hydrogen-bond acceptors (Lipinski definition) is 4. The lowest BCUT2D eigenvalue weighted by atomic mass is 10.1. The molecule has 0 atom stereocenters. The Labute approximate surface area is 116 Å². The summed E-state index contributed by atoms with van der Waals surface area (Å²) in [4.78, 5) is 23.1. The number of ether oxygens (including phenoxy) is 2. The van der Waals surface area contributed by atoms with Gasteiger partial charge >= 0.3 is 11.9 Å². The van der Waals surface area contributed by atoms with Crippen molar-refractivity contribution in [2.45, 2.75) is 72.5 Å². The molecule has 0 aromatic rings. The molecule has 4 nitrogen and oxygen atoms in total. The highest BCUT2D eigenvalue weighted by Gasteiger charge is 2.18. The van der Waals surface area contributed by atoms with Crippen LogP contribution in [0.1, 0.15) is 61.3 Å². The number of esters is 2. The van der Waals surface area contributed by atoms with Crippen LogP contribution in [0.2, 0.25) is 0 Å². The summed E-state index contributed by atoms with van der Waals surface area (Å²) in [7, 11) is 0. The molecule has 0 aliphatic heterocycles. The predicted molar refractivity (Wildman–Crippen MR) is 74.7 cm³/mol. The summed E-state index contributed by atoms with van der Waals surface area (Å²) >= 11 is 0. The van der Waals surface area contributed by atoms with Crippen LogP contribution in [-0.2, 0) is 19.1 Å². The zero-order valence-electron chi connectivity index (χ0n) is 13.1. The molecule has 19 heavy (non-hydrogen) atoms. The quantitative estimate of drug-likeness (QED) is 0.580. The van der Waals surface area contributed by atoms with Crippen LogP contribution in [0.4, 0.5) is 0 Å². The minimum Gasteiger partial charge on any atom is -0.460 e. The van der Waals surface area contributed by atoms with Gasteiger partial charge in [0.25, 0.3) is 0 Å². The number of allylic oxidation sites excluding steroid dienone is 1. The highest BCUT2D eigenvalue weighted by atomic mass is 16.6. The van der Waals surface area contributed by atoms with Gasteiger partial charge in [-0.1, -0.05) is 6.08 Å². The van der Waals surface area contributed by atoms with Crippen LogP contribution in [0.25, 0.3) is 0 Å². The Morgan fingerprint density at radius 1 is 0.947 bits per heavy atom. The molecule has 0 rings (SSSR count). The highest BCUT2D eigenvalue weighted by molar-refractivity contribution is 5.88. The zero-order chi connectivity index (χ0) is 15.3. The highest BCUT2D eigenvalue weighted by Crippen LogP contribution is 2.12. The van der Waals surface area contributed by atoms with Gasteiger partial charge in [-0.05, 0) is 54.9 Å². The smallest absolute Gasteiger partial charge is 0.333 e. The Bertz CT molecular complexity index is 353. The van der Waals surface area contributed by atoms with E-state index in [4.69, 9.17) is 9.47 Å². The van der Waals surface area contributed by atoms with E-state index in [9.17, 15) is 9.59 Å². The van der Waals surface area contributed by atoms with Crippen LogP contribution in [0, 0.1) is 0 Å². The van der Waals surface area contributed by atoms with Gasteiger partial charge in [-0.2, -0.15) is 0 Å². The first-order valence-electron chi connectivity index (χ1n) is 6.53. The summed E-state index contributed by atoms with van der Waals surface area (Å²) < 4.78 is 10.4. The molecule has 0 bridgehead atoms. The van der Waals surface area contributed by atoms with Crippen molar-refractivity contribution in [1.29, 1.82) is 0 Å². The van der Waals surface area contributed by atoms with Gasteiger partial charge < -0.3 is 9.47 Å². The Morgan fingerprint density at radius 2 is 1.42 bits per heavy atom. The molecule has 0 fully saturated rings. The third-order valence-corrected chi connectivity index (χ3v) is 1.94. The van der Waals surface area contributed by atoms with Crippen molar-refractivity contribution in [3.8, 4) is 0 Å². The van der Waals surface area contributed by atoms with Crippen molar-refractivity contribution >= 4 is 11.9 Å². The van der Waals surface area contributed by atoms with Crippen molar-refractivity contribution < 1.29 is 19.1 Å². The molecule has 0 N–H and O–H groups in total. The average Bonchev–Trinajstić information content (AvgIpc) is 2.11. The summed E-state index contributed by atoms with van der Waals surface area (Å²) in [5.74, 6) is -0.613.